The minimum absolute atomic E-state index is 0.124. The molecule has 112 valence electrons. The average molecular weight is 290 g/mol. The number of nitrogens with two attached hydrogens (primary N) is 1. The van der Waals surface area contributed by atoms with Gasteiger partial charge in [-0.25, -0.2) is 9.97 Å². The molecule has 0 atom stereocenters. The third kappa shape index (κ3) is 4.03. The van der Waals surface area contributed by atoms with E-state index in [1.165, 1.54) is 12.5 Å². The summed E-state index contributed by atoms with van der Waals surface area (Å²) in [5.74, 6) is 0.685. The van der Waals surface area contributed by atoms with Crippen molar-refractivity contribution in [1.82, 2.24) is 15.3 Å². The van der Waals surface area contributed by atoms with Gasteiger partial charge in [-0.1, -0.05) is 0 Å². The van der Waals surface area contributed by atoms with E-state index in [-0.39, 0.29) is 17.3 Å². The quantitative estimate of drug-likeness (QED) is 0.748. The number of carbonyl (C=O) groups excluding carboxylic acids is 1. The van der Waals surface area contributed by atoms with E-state index >= 15 is 0 Å². The number of amides is 1. The summed E-state index contributed by atoms with van der Waals surface area (Å²) in [6, 6.07) is 3.45. The molecule has 0 bridgehead atoms. The maximum Gasteiger partial charge on any atom is 0.256 e. The number of anilines is 1. The van der Waals surface area contributed by atoms with Crippen LogP contribution in [-0.4, -0.2) is 35.6 Å². The van der Waals surface area contributed by atoms with Gasteiger partial charge >= 0.3 is 0 Å². The lowest BCUT2D eigenvalue weighted by molar-refractivity contribution is 0.0944. The van der Waals surface area contributed by atoms with Crippen LogP contribution in [0.1, 0.15) is 23.7 Å². The maximum atomic E-state index is 12.0. The van der Waals surface area contributed by atoms with Crippen molar-refractivity contribution in [1.29, 1.82) is 0 Å². The van der Waals surface area contributed by atoms with E-state index in [4.69, 9.17) is 14.9 Å². The Morgan fingerprint density at radius 2 is 2.38 bits per heavy atom. The number of hydrogen-bond donors (Lipinski definition) is 2. The molecule has 0 spiro atoms. The third-order valence-corrected chi connectivity index (χ3v) is 2.76. The number of furan rings is 1. The van der Waals surface area contributed by atoms with Crippen molar-refractivity contribution in [2.45, 2.75) is 13.3 Å². The first-order chi connectivity index (χ1) is 10.2. The number of ether oxygens (including phenoxy) is 1. The molecule has 2 heterocycles. The Bertz CT molecular complexity index is 584. The minimum atomic E-state index is -0.296. The fraction of sp³-hybridized carbons (Fsp3) is 0.357. The van der Waals surface area contributed by atoms with E-state index in [0.717, 1.165) is 6.42 Å². The SMILES string of the molecule is CCOCCCNC(=O)c1cnc(-c2ccco2)nc1N. The van der Waals surface area contributed by atoms with Crippen molar-refractivity contribution in [2.24, 2.45) is 0 Å². The molecular formula is C14H18N4O3. The van der Waals surface area contributed by atoms with Crippen LogP contribution in [0.3, 0.4) is 0 Å². The summed E-state index contributed by atoms with van der Waals surface area (Å²) in [5, 5.41) is 2.75. The van der Waals surface area contributed by atoms with Crippen molar-refractivity contribution >= 4 is 11.7 Å². The van der Waals surface area contributed by atoms with Gasteiger partial charge in [-0.3, -0.25) is 4.79 Å². The lowest BCUT2D eigenvalue weighted by atomic mass is 10.2. The van der Waals surface area contributed by atoms with Crippen LogP contribution >= 0.6 is 0 Å². The van der Waals surface area contributed by atoms with Gasteiger partial charge in [-0.15, -0.1) is 0 Å². The van der Waals surface area contributed by atoms with Gasteiger partial charge in [0.15, 0.2) is 11.6 Å². The number of nitrogen functional groups attached to an aromatic ring is 1. The van der Waals surface area contributed by atoms with Crippen LogP contribution in [0.2, 0.25) is 0 Å². The first kappa shape index (κ1) is 15.0. The Labute approximate surface area is 122 Å². The van der Waals surface area contributed by atoms with Crippen LogP contribution in [0.15, 0.2) is 29.0 Å². The number of hydrogen-bond acceptors (Lipinski definition) is 6. The van der Waals surface area contributed by atoms with Crippen LogP contribution in [-0.2, 0) is 4.74 Å². The highest BCUT2D eigenvalue weighted by Gasteiger charge is 2.13. The monoisotopic (exact) mass is 290 g/mol. The van der Waals surface area contributed by atoms with E-state index in [0.29, 0.717) is 31.3 Å². The lowest BCUT2D eigenvalue weighted by Crippen LogP contribution is -2.26. The predicted octanol–water partition coefficient (Wildman–Crippen LogP) is 1.48. The summed E-state index contributed by atoms with van der Waals surface area (Å²) in [4.78, 5) is 20.1. The molecule has 0 saturated carbocycles. The van der Waals surface area contributed by atoms with Crippen LogP contribution in [0, 0.1) is 0 Å². The smallest absolute Gasteiger partial charge is 0.256 e. The van der Waals surface area contributed by atoms with Crippen LogP contribution in [0.5, 0.6) is 0 Å². The minimum Gasteiger partial charge on any atom is -0.461 e. The molecule has 7 heteroatoms. The first-order valence-corrected chi connectivity index (χ1v) is 6.74. The fourth-order valence-electron chi connectivity index (χ4n) is 1.71. The zero-order chi connectivity index (χ0) is 15.1. The summed E-state index contributed by atoms with van der Waals surface area (Å²) in [7, 11) is 0. The summed E-state index contributed by atoms with van der Waals surface area (Å²) < 4.78 is 10.4. The van der Waals surface area contributed by atoms with Crippen molar-refractivity contribution in [3.63, 3.8) is 0 Å². The molecule has 0 saturated heterocycles. The molecule has 0 aliphatic carbocycles. The predicted molar refractivity (Wildman–Crippen MR) is 77.6 cm³/mol. The Kier molecular flexibility index (Phi) is 5.28. The second kappa shape index (κ2) is 7.39. The molecule has 2 aromatic heterocycles. The van der Waals surface area contributed by atoms with Crippen LogP contribution < -0.4 is 11.1 Å². The number of nitrogens with zero attached hydrogens (tertiary/aromatic N) is 2. The molecule has 0 fully saturated rings. The van der Waals surface area contributed by atoms with Gasteiger partial charge in [0.25, 0.3) is 5.91 Å². The Hall–Kier alpha value is -2.41. The third-order valence-electron chi connectivity index (χ3n) is 2.76. The van der Waals surface area contributed by atoms with Crippen LogP contribution in [0.25, 0.3) is 11.6 Å². The zero-order valence-electron chi connectivity index (χ0n) is 11.8. The standard InChI is InChI=1S/C14H18N4O3/c1-2-20-7-4-6-16-14(19)10-9-17-13(18-12(10)15)11-5-3-8-21-11/h3,5,8-9H,2,4,6-7H2,1H3,(H,16,19)(H2,15,17,18). The highest BCUT2D eigenvalue weighted by atomic mass is 16.5. The highest BCUT2D eigenvalue weighted by molar-refractivity contribution is 5.98. The van der Waals surface area contributed by atoms with Gasteiger partial charge in [-0.2, -0.15) is 0 Å². The molecule has 7 nitrogen and oxygen atoms in total. The number of rotatable bonds is 7. The van der Waals surface area contributed by atoms with Crippen molar-refractivity contribution in [2.75, 3.05) is 25.5 Å². The summed E-state index contributed by atoms with van der Waals surface area (Å²) >= 11 is 0. The molecule has 0 aliphatic rings. The molecule has 21 heavy (non-hydrogen) atoms. The summed E-state index contributed by atoms with van der Waals surface area (Å²) in [6.45, 7) is 3.72. The van der Waals surface area contributed by atoms with Gasteiger partial charge in [0.2, 0.25) is 0 Å². The second-order valence-corrected chi connectivity index (χ2v) is 4.28. The van der Waals surface area contributed by atoms with E-state index < -0.39 is 0 Å². The normalized spacial score (nSPS) is 10.5. The zero-order valence-corrected chi connectivity index (χ0v) is 11.8. The average Bonchev–Trinajstić information content (AvgIpc) is 3.01. The molecule has 2 rings (SSSR count). The second-order valence-electron chi connectivity index (χ2n) is 4.28. The Morgan fingerprint density at radius 1 is 1.52 bits per heavy atom. The molecule has 0 aromatic carbocycles. The van der Waals surface area contributed by atoms with Crippen molar-refractivity contribution in [3.05, 3.63) is 30.2 Å². The largest absolute Gasteiger partial charge is 0.461 e. The molecular weight excluding hydrogens is 272 g/mol. The van der Waals surface area contributed by atoms with Crippen LogP contribution in [0.4, 0.5) is 5.82 Å². The summed E-state index contributed by atoms with van der Waals surface area (Å²) in [5.41, 5.74) is 6.05. The van der Waals surface area contributed by atoms with Crippen molar-refractivity contribution in [3.8, 4) is 11.6 Å². The molecule has 2 aromatic rings. The molecule has 0 unspecified atom stereocenters. The van der Waals surface area contributed by atoms with Gasteiger partial charge in [0.05, 0.1) is 11.8 Å². The van der Waals surface area contributed by atoms with Gasteiger partial charge in [0.1, 0.15) is 5.82 Å². The van der Waals surface area contributed by atoms with Gasteiger partial charge in [-0.05, 0) is 25.5 Å². The highest BCUT2D eigenvalue weighted by Crippen LogP contribution is 2.17. The Morgan fingerprint density at radius 3 is 3.05 bits per heavy atom. The number of carbonyl (C=O) groups is 1. The number of aromatic nitrogens is 2. The van der Waals surface area contributed by atoms with E-state index in [1.807, 2.05) is 6.92 Å². The molecule has 3 N–H and O–H groups in total. The van der Waals surface area contributed by atoms with Gasteiger partial charge < -0.3 is 20.2 Å². The van der Waals surface area contributed by atoms with E-state index in [9.17, 15) is 4.79 Å². The van der Waals surface area contributed by atoms with E-state index in [1.54, 1.807) is 12.1 Å². The molecule has 0 radical (unpaired) electrons. The maximum absolute atomic E-state index is 12.0. The molecule has 1 amide bonds. The van der Waals surface area contributed by atoms with Crippen molar-refractivity contribution < 1.29 is 13.9 Å². The topological polar surface area (TPSA) is 103 Å². The fourth-order valence-corrected chi connectivity index (χ4v) is 1.71. The summed E-state index contributed by atoms with van der Waals surface area (Å²) in [6.07, 6.45) is 3.66. The Balaban J connectivity index is 1.95. The van der Waals surface area contributed by atoms with E-state index in [2.05, 4.69) is 15.3 Å². The lowest BCUT2D eigenvalue weighted by Gasteiger charge is -2.07. The first-order valence-electron chi connectivity index (χ1n) is 6.74. The molecule has 0 aliphatic heterocycles. The number of nitrogens with one attached hydrogen (secondary N) is 1. The van der Waals surface area contributed by atoms with Gasteiger partial charge in [0, 0.05) is 26.0 Å².